The molecule has 1 saturated carbocycles. The number of amides is 1. The lowest BCUT2D eigenvalue weighted by molar-refractivity contribution is 0.0214. The summed E-state index contributed by atoms with van der Waals surface area (Å²) in [5.74, 6) is 2.75. The Labute approximate surface area is 215 Å². The van der Waals surface area contributed by atoms with Crippen molar-refractivity contribution in [2.24, 2.45) is 0 Å². The Hall–Kier alpha value is -2.91. The van der Waals surface area contributed by atoms with Crippen molar-refractivity contribution in [3.63, 3.8) is 0 Å². The molecule has 1 amide bonds. The van der Waals surface area contributed by atoms with Gasteiger partial charge in [0.05, 0.1) is 31.1 Å². The van der Waals surface area contributed by atoms with Crippen LogP contribution in [0.1, 0.15) is 92.5 Å². The Morgan fingerprint density at radius 3 is 2.58 bits per heavy atom. The second kappa shape index (κ2) is 9.52. The third-order valence-electron chi connectivity index (χ3n) is 7.03. The molecule has 36 heavy (non-hydrogen) atoms. The number of hydrogen-bond acceptors (Lipinski definition) is 7. The van der Waals surface area contributed by atoms with E-state index in [9.17, 15) is 9.90 Å². The van der Waals surface area contributed by atoms with E-state index in [2.05, 4.69) is 19.9 Å². The molecule has 9 nitrogen and oxygen atoms in total. The molecule has 0 radical (unpaired) electrons. The van der Waals surface area contributed by atoms with Crippen LogP contribution in [0.15, 0.2) is 22.7 Å². The summed E-state index contributed by atoms with van der Waals surface area (Å²) in [5, 5.41) is 23.7. The van der Waals surface area contributed by atoms with E-state index < -0.39 is 11.7 Å². The summed E-state index contributed by atoms with van der Waals surface area (Å²) < 4.78 is 13.1. The molecule has 3 heterocycles. The fourth-order valence-corrected chi connectivity index (χ4v) is 5.49. The maximum atomic E-state index is 13.0. The number of aliphatic hydroxyl groups excluding tert-OH is 1. The third-order valence-corrected chi connectivity index (χ3v) is 7.27. The summed E-state index contributed by atoms with van der Waals surface area (Å²) in [6, 6.07) is 5.73. The molecule has 5 rings (SSSR count). The summed E-state index contributed by atoms with van der Waals surface area (Å²) in [7, 11) is 0. The van der Waals surface area contributed by atoms with Gasteiger partial charge in [-0.1, -0.05) is 16.8 Å². The highest BCUT2D eigenvalue weighted by molar-refractivity contribution is 6.30. The molecule has 1 fully saturated rings. The Kier molecular flexibility index (Phi) is 6.55. The number of aryl methyl sites for hydroxylation is 1. The van der Waals surface area contributed by atoms with Crippen molar-refractivity contribution in [3.05, 3.63) is 57.5 Å². The number of halogens is 1. The van der Waals surface area contributed by atoms with Crippen LogP contribution in [0.4, 0.5) is 4.79 Å². The van der Waals surface area contributed by atoms with Crippen LogP contribution >= 0.6 is 11.6 Å². The molecule has 2 aliphatic rings. The lowest BCUT2D eigenvalue weighted by Crippen LogP contribution is -2.35. The first kappa shape index (κ1) is 24.8. The van der Waals surface area contributed by atoms with Crippen molar-refractivity contribution >= 4 is 17.7 Å². The minimum absolute atomic E-state index is 0.0597. The molecule has 0 spiro atoms. The molecule has 0 bridgehead atoms. The first-order valence-corrected chi connectivity index (χ1v) is 12.8. The summed E-state index contributed by atoms with van der Waals surface area (Å²) in [6.07, 6.45) is 3.28. The van der Waals surface area contributed by atoms with Gasteiger partial charge in [-0.15, -0.1) is 10.2 Å². The second-order valence-electron chi connectivity index (χ2n) is 10.7. The number of aromatic nitrogens is 4. The molecular weight excluding hydrogens is 482 g/mol. The lowest BCUT2D eigenvalue weighted by Gasteiger charge is -2.27. The van der Waals surface area contributed by atoms with Crippen LogP contribution in [0.3, 0.4) is 0 Å². The highest BCUT2D eigenvalue weighted by Crippen LogP contribution is 2.42. The quantitative estimate of drug-likeness (QED) is 0.499. The zero-order chi connectivity index (χ0) is 25.6. The topological polar surface area (TPSA) is 107 Å². The first-order valence-electron chi connectivity index (χ1n) is 12.4. The van der Waals surface area contributed by atoms with Crippen molar-refractivity contribution in [1.82, 2.24) is 24.8 Å². The van der Waals surface area contributed by atoms with Crippen LogP contribution in [0.2, 0.25) is 5.02 Å². The lowest BCUT2D eigenvalue weighted by atomic mass is 9.79. The van der Waals surface area contributed by atoms with Gasteiger partial charge in [-0.3, -0.25) is 9.47 Å². The minimum Gasteiger partial charge on any atom is -0.444 e. The summed E-state index contributed by atoms with van der Waals surface area (Å²) in [6.45, 7) is 8.01. The SMILES string of the molecule is Cc1onc(C2CCC(c3nnc4n3-c3ccc(Cl)cc3CN(C(=O)OC(C)(C)C)C4)CC2)c1CO. The number of carbonyl (C=O) groups is 1. The van der Waals surface area contributed by atoms with Crippen LogP contribution in [0.5, 0.6) is 0 Å². The molecule has 192 valence electrons. The van der Waals surface area contributed by atoms with Crippen LogP contribution in [0.25, 0.3) is 5.69 Å². The summed E-state index contributed by atoms with van der Waals surface area (Å²) in [4.78, 5) is 14.6. The predicted molar refractivity (Wildman–Crippen MR) is 133 cm³/mol. The van der Waals surface area contributed by atoms with E-state index in [4.69, 9.17) is 20.9 Å². The Morgan fingerprint density at radius 1 is 1.17 bits per heavy atom. The average molecular weight is 514 g/mol. The maximum Gasteiger partial charge on any atom is 0.411 e. The average Bonchev–Trinajstić information content (AvgIpc) is 3.36. The van der Waals surface area contributed by atoms with Gasteiger partial charge in [-0.25, -0.2) is 4.79 Å². The standard InChI is InChI=1S/C26H32ClN5O4/c1-15-20(14-33)23(30-36-15)16-5-7-17(8-6-16)24-29-28-22-13-31(25(34)35-26(2,3)4)12-18-11-19(27)9-10-21(18)32(22)24/h9-11,16-17,33H,5-8,12-14H2,1-4H3. The molecule has 1 aliphatic heterocycles. The van der Waals surface area contributed by atoms with Crippen molar-refractivity contribution in [2.75, 3.05) is 0 Å². The van der Waals surface area contributed by atoms with Crippen LogP contribution < -0.4 is 0 Å². The Morgan fingerprint density at radius 2 is 1.89 bits per heavy atom. The van der Waals surface area contributed by atoms with Crippen molar-refractivity contribution in [2.45, 2.75) is 90.5 Å². The fraction of sp³-hybridized carbons (Fsp3) is 0.538. The number of aliphatic hydroxyl groups is 1. The van der Waals surface area contributed by atoms with Crippen LogP contribution in [-0.4, -0.2) is 41.6 Å². The van der Waals surface area contributed by atoms with Gasteiger partial charge < -0.3 is 14.4 Å². The van der Waals surface area contributed by atoms with Gasteiger partial charge in [0.1, 0.15) is 17.2 Å². The highest BCUT2D eigenvalue weighted by atomic mass is 35.5. The Bertz CT molecular complexity index is 1270. The summed E-state index contributed by atoms with van der Waals surface area (Å²) in [5.41, 5.74) is 2.95. The molecule has 3 aromatic rings. The van der Waals surface area contributed by atoms with Gasteiger partial charge in [0.2, 0.25) is 0 Å². The molecular formula is C26H32ClN5O4. The predicted octanol–water partition coefficient (Wildman–Crippen LogP) is 5.40. The number of carbonyl (C=O) groups excluding carboxylic acids is 1. The smallest absolute Gasteiger partial charge is 0.411 e. The Balaban J connectivity index is 1.43. The minimum atomic E-state index is -0.601. The zero-order valence-electron chi connectivity index (χ0n) is 21.1. The van der Waals surface area contributed by atoms with Gasteiger partial charge >= 0.3 is 6.09 Å². The van der Waals surface area contributed by atoms with E-state index in [-0.39, 0.29) is 18.4 Å². The highest BCUT2D eigenvalue weighted by Gasteiger charge is 2.34. The molecule has 10 heteroatoms. The maximum absolute atomic E-state index is 13.0. The van der Waals surface area contributed by atoms with E-state index in [0.29, 0.717) is 29.7 Å². The van der Waals surface area contributed by atoms with Crippen molar-refractivity contribution in [1.29, 1.82) is 0 Å². The number of hydrogen-bond donors (Lipinski definition) is 1. The van der Waals surface area contributed by atoms with E-state index >= 15 is 0 Å². The molecule has 1 N–H and O–H groups in total. The largest absolute Gasteiger partial charge is 0.444 e. The molecule has 0 saturated heterocycles. The number of fused-ring (bicyclic) bond motifs is 3. The molecule has 0 unspecified atom stereocenters. The van der Waals surface area contributed by atoms with Crippen LogP contribution in [0, 0.1) is 6.92 Å². The molecule has 0 atom stereocenters. The summed E-state index contributed by atoms with van der Waals surface area (Å²) >= 11 is 6.35. The third kappa shape index (κ3) is 4.74. The number of rotatable bonds is 3. The second-order valence-corrected chi connectivity index (χ2v) is 11.2. The van der Waals surface area contributed by atoms with Gasteiger partial charge in [-0.05, 0) is 77.1 Å². The fourth-order valence-electron chi connectivity index (χ4n) is 5.29. The van der Waals surface area contributed by atoms with E-state index in [1.807, 2.05) is 45.9 Å². The number of nitrogens with zero attached hydrogens (tertiary/aromatic N) is 5. The van der Waals surface area contributed by atoms with Gasteiger partial charge in [0, 0.05) is 22.4 Å². The van der Waals surface area contributed by atoms with Gasteiger partial charge in [-0.2, -0.15) is 0 Å². The van der Waals surface area contributed by atoms with Gasteiger partial charge in [0.25, 0.3) is 0 Å². The number of ether oxygens (including phenoxy) is 1. The van der Waals surface area contributed by atoms with E-state index in [1.165, 1.54) is 0 Å². The zero-order valence-corrected chi connectivity index (χ0v) is 21.9. The van der Waals surface area contributed by atoms with Crippen molar-refractivity contribution < 1.29 is 19.2 Å². The van der Waals surface area contributed by atoms with E-state index in [1.54, 1.807) is 4.90 Å². The van der Waals surface area contributed by atoms with Crippen molar-refractivity contribution in [3.8, 4) is 5.69 Å². The molecule has 1 aliphatic carbocycles. The van der Waals surface area contributed by atoms with Gasteiger partial charge in [0.15, 0.2) is 5.82 Å². The molecule has 1 aromatic carbocycles. The first-order chi connectivity index (χ1) is 17.1. The number of benzene rings is 1. The van der Waals surface area contributed by atoms with E-state index in [0.717, 1.165) is 54.0 Å². The normalized spacial score (nSPS) is 20.0. The monoisotopic (exact) mass is 513 g/mol. The molecule has 2 aromatic heterocycles. The van der Waals surface area contributed by atoms with Crippen LogP contribution in [-0.2, 0) is 24.4 Å².